The Morgan fingerprint density at radius 3 is 2.75 bits per heavy atom. The van der Waals surface area contributed by atoms with Crippen LogP contribution in [0, 0.1) is 0 Å². The Labute approximate surface area is 167 Å². The summed E-state index contributed by atoms with van der Waals surface area (Å²) in [6.45, 7) is 6.08. The molecule has 2 aliphatic rings. The number of amides is 2. The fourth-order valence-corrected chi connectivity index (χ4v) is 5.26. The van der Waals surface area contributed by atoms with Crippen LogP contribution < -0.4 is 5.32 Å². The second-order valence-electron chi connectivity index (χ2n) is 7.66. The molecule has 3 aromatic rings. The Bertz CT molecular complexity index is 1150. The van der Waals surface area contributed by atoms with Gasteiger partial charge in [0.2, 0.25) is 5.91 Å². The second kappa shape index (κ2) is 6.07. The molecule has 0 saturated carbocycles. The summed E-state index contributed by atoms with van der Waals surface area (Å²) in [5, 5.41) is 6.70. The number of rotatable bonds is 2. The molecule has 142 valence electrons. The molecule has 2 aromatic heterocycles. The van der Waals surface area contributed by atoms with Crippen molar-refractivity contribution in [3.05, 3.63) is 63.6 Å². The van der Waals surface area contributed by atoms with Crippen molar-refractivity contribution in [2.75, 3.05) is 11.9 Å². The number of hydrogen-bond acceptors (Lipinski definition) is 4. The van der Waals surface area contributed by atoms with Crippen LogP contribution in [-0.2, 0) is 9.59 Å². The summed E-state index contributed by atoms with van der Waals surface area (Å²) in [7, 11) is 0. The summed E-state index contributed by atoms with van der Waals surface area (Å²) in [6, 6.07) is 10.6. The van der Waals surface area contributed by atoms with Crippen molar-refractivity contribution in [1.82, 2.24) is 9.47 Å². The zero-order valence-corrected chi connectivity index (χ0v) is 16.8. The van der Waals surface area contributed by atoms with E-state index in [0.717, 1.165) is 32.7 Å². The second-order valence-corrected chi connectivity index (χ2v) is 8.64. The molecule has 0 spiro atoms. The van der Waals surface area contributed by atoms with Crippen LogP contribution in [0.4, 0.5) is 5.69 Å². The van der Waals surface area contributed by atoms with Crippen molar-refractivity contribution in [2.24, 2.45) is 0 Å². The average molecular weight is 391 g/mol. The zero-order valence-electron chi connectivity index (χ0n) is 16.0. The molecule has 28 heavy (non-hydrogen) atoms. The molecule has 4 heterocycles. The number of nitrogens with zero attached hydrogens (tertiary/aromatic N) is 2. The largest absolute Gasteiger partial charge is 0.356 e. The van der Waals surface area contributed by atoms with Gasteiger partial charge >= 0.3 is 0 Å². The molecule has 1 aromatic carbocycles. The Morgan fingerprint density at radius 1 is 1.25 bits per heavy atom. The maximum atomic E-state index is 13.3. The first-order valence-corrected chi connectivity index (χ1v) is 10.3. The highest BCUT2D eigenvalue weighted by Crippen LogP contribution is 2.47. The molecule has 0 saturated heterocycles. The van der Waals surface area contributed by atoms with E-state index in [1.807, 2.05) is 17.5 Å². The molecule has 5 nitrogen and oxygen atoms in total. The molecule has 2 amide bonds. The number of benzene rings is 1. The molecular weight excluding hydrogens is 370 g/mol. The van der Waals surface area contributed by atoms with Crippen molar-refractivity contribution in [3.8, 4) is 0 Å². The fraction of sp³-hybridized carbons (Fsp3) is 0.273. The molecule has 1 N–H and O–H groups in total. The summed E-state index contributed by atoms with van der Waals surface area (Å²) in [5.74, 6) is -0.583. The van der Waals surface area contributed by atoms with E-state index in [1.54, 1.807) is 11.3 Å². The van der Waals surface area contributed by atoms with E-state index in [-0.39, 0.29) is 17.7 Å². The Morgan fingerprint density at radius 2 is 2.07 bits per heavy atom. The number of hydrogen-bond donors (Lipinski definition) is 1. The van der Waals surface area contributed by atoms with Gasteiger partial charge in [0.1, 0.15) is 0 Å². The lowest BCUT2D eigenvalue weighted by atomic mass is 9.89. The molecule has 0 bridgehead atoms. The van der Waals surface area contributed by atoms with Gasteiger partial charge in [-0.2, -0.15) is 0 Å². The zero-order chi connectivity index (χ0) is 19.6. The SMILES string of the molecule is CC(=O)N1CC2=C(C1=O)C(c1cccs1)c1cn(C(C)C)c3cccc(c13)N2. The lowest BCUT2D eigenvalue weighted by Crippen LogP contribution is -2.33. The third-order valence-corrected chi connectivity index (χ3v) is 6.59. The van der Waals surface area contributed by atoms with E-state index in [1.165, 1.54) is 11.8 Å². The monoisotopic (exact) mass is 391 g/mol. The van der Waals surface area contributed by atoms with Crippen LogP contribution in [-0.4, -0.2) is 27.8 Å². The summed E-state index contributed by atoms with van der Waals surface area (Å²) in [6.07, 6.45) is 2.19. The average Bonchev–Trinajstić information content (AvgIpc) is 3.35. The maximum Gasteiger partial charge on any atom is 0.259 e. The number of anilines is 1. The van der Waals surface area contributed by atoms with Gasteiger partial charge in [0.25, 0.3) is 5.91 Å². The summed E-state index contributed by atoms with van der Waals surface area (Å²) >= 11 is 1.65. The van der Waals surface area contributed by atoms with Crippen LogP contribution >= 0.6 is 11.3 Å². The maximum absolute atomic E-state index is 13.3. The van der Waals surface area contributed by atoms with Gasteiger partial charge in [-0.25, -0.2) is 0 Å². The van der Waals surface area contributed by atoms with Crippen LogP contribution in [0.5, 0.6) is 0 Å². The van der Waals surface area contributed by atoms with E-state index in [0.29, 0.717) is 18.2 Å². The molecule has 0 fully saturated rings. The van der Waals surface area contributed by atoms with Gasteiger partial charge in [-0.1, -0.05) is 12.1 Å². The Balaban J connectivity index is 1.82. The molecule has 6 heteroatoms. The minimum Gasteiger partial charge on any atom is -0.356 e. The van der Waals surface area contributed by atoms with Gasteiger partial charge in [-0.15, -0.1) is 11.3 Å². The minimum atomic E-state index is -0.219. The van der Waals surface area contributed by atoms with Crippen molar-refractivity contribution in [3.63, 3.8) is 0 Å². The van der Waals surface area contributed by atoms with Crippen molar-refractivity contribution in [2.45, 2.75) is 32.7 Å². The van der Waals surface area contributed by atoms with Crippen LogP contribution in [0.3, 0.4) is 0 Å². The minimum absolute atomic E-state index is 0.175. The number of imide groups is 1. The summed E-state index contributed by atoms with van der Waals surface area (Å²) < 4.78 is 2.27. The van der Waals surface area contributed by atoms with Crippen molar-refractivity contribution >= 4 is 39.7 Å². The lowest BCUT2D eigenvalue weighted by Gasteiger charge is -2.18. The van der Waals surface area contributed by atoms with E-state index in [2.05, 4.69) is 48.1 Å². The van der Waals surface area contributed by atoms with Gasteiger partial charge < -0.3 is 9.88 Å². The van der Waals surface area contributed by atoms with Crippen molar-refractivity contribution < 1.29 is 9.59 Å². The molecule has 5 rings (SSSR count). The highest BCUT2D eigenvalue weighted by atomic mass is 32.1. The first-order valence-electron chi connectivity index (χ1n) is 9.46. The normalized spacial score (nSPS) is 18.6. The van der Waals surface area contributed by atoms with Gasteiger partial charge in [-0.05, 0) is 43.0 Å². The highest BCUT2D eigenvalue weighted by molar-refractivity contribution is 7.10. The molecule has 0 aliphatic carbocycles. The fourth-order valence-electron chi connectivity index (χ4n) is 4.41. The molecule has 0 radical (unpaired) electrons. The van der Waals surface area contributed by atoms with Crippen LogP contribution in [0.15, 0.2) is 53.2 Å². The van der Waals surface area contributed by atoms with Gasteiger partial charge in [0.05, 0.1) is 23.6 Å². The summed E-state index contributed by atoms with van der Waals surface area (Å²) in [4.78, 5) is 27.8. The van der Waals surface area contributed by atoms with E-state index in [9.17, 15) is 9.59 Å². The standard InChI is InChI=1S/C22H21N3O2S/c1-12(2)24-10-14-19-15(6-4-7-17(19)24)23-16-11-25(13(3)26)22(27)21(16)20(14)18-8-5-9-28-18/h4-10,12,20,23H,11H2,1-3H3. The first kappa shape index (κ1) is 17.3. The Kier molecular flexibility index (Phi) is 3.74. The number of nitrogens with one attached hydrogen (secondary N) is 1. The molecule has 2 aliphatic heterocycles. The smallest absolute Gasteiger partial charge is 0.259 e. The third-order valence-electron chi connectivity index (χ3n) is 5.65. The number of aromatic nitrogens is 1. The van der Waals surface area contributed by atoms with Gasteiger partial charge in [-0.3, -0.25) is 14.5 Å². The van der Waals surface area contributed by atoms with Gasteiger partial charge in [0.15, 0.2) is 0 Å². The highest BCUT2D eigenvalue weighted by Gasteiger charge is 2.42. The predicted molar refractivity (Wildman–Crippen MR) is 112 cm³/mol. The van der Waals surface area contributed by atoms with E-state index >= 15 is 0 Å². The third kappa shape index (κ3) is 2.31. The van der Waals surface area contributed by atoms with Crippen molar-refractivity contribution in [1.29, 1.82) is 0 Å². The molecular formula is C22H21N3O2S. The lowest BCUT2D eigenvalue weighted by molar-refractivity contribution is -0.139. The van der Waals surface area contributed by atoms with Crippen LogP contribution in [0.2, 0.25) is 0 Å². The van der Waals surface area contributed by atoms with Gasteiger partial charge in [0, 0.05) is 40.8 Å². The quantitative estimate of drug-likeness (QED) is 0.701. The van der Waals surface area contributed by atoms with Crippen LogP contribution in [0.25, 0.3) is 10.9 Å². The van der Waals surface area contributed by atoms with Crippen LogP contribution in [0.1, 0.15) is 43.2 Å². The first-order chi connectivity index (χ1) is 13.5. The number of thiophene rings is 1. The summed E-state index contributed by atoms with van der Waals surface area (Å²) in [5.41, 5.74) is 4.80. The van der Waals surface area contributed by atoms with E-state index < -0.39 is 0 Å². The molecule has 1 unspecified atom stereocenters. The van der Waals surface area contributed by atoms with E-state index in [4.69, 9.17) is 0 Å². The number of carbonyl (C=O) groups is 2. The predicted octanol–water partition coefficient (Wildman–Crippen LogP) is 4.48. The topological polar surface area (TPSA) is 54.3 Å². The number of carbonyl (C=O) groups excluding carboxylic acids is 2. The Hall–Kier alpha value is -2.86. The molecule has 1 atom stereocenters.